The third-order valence-electron chi connectivity index (χ3n) is 3.19. The van der Waals surface area contributed by atoms with Crippen molar-refractivity contribution in [3.63, 3.8) is 0 Å². The number of nitrogens with one attached hydrogen (secondary N) is 1. The molecule has 1 amide bonds. The van der Waals surface area contributed by atoms with Gasteiger partial charge in [-0.3, -0.25) is 4.79 Å². The molecule has 0 aliphatic carbocycles. The van der Waals surface area contributed by atoms with Gasteiger partial charge >= 0.3 is 0 Å². The Labute approximate surface area is 133 Å². The molecule has 2 aromatic rings. The van der Waals surface area contributed by atoms with E-state index in [9.17, 15) is 9.90 Å². The SMILES string of the molecule is COc1ccc(OC)c(C(O)CNC(=O)c2nccnc2N)c1. The molecule has 8 nitrogen and oxygen atoms in total. The van der Waals surface area contributed by atoms with Crippen LogP contribution >= 0.6 is 0 Å². The zero-order valence-electron chi connectivity index (χ0n) is 12.8. The van der Waals surface area contributed by atoms with E-state index in [1.54, 1.807) is 18.2 Å². The molecule has 0 bridgehead atoms. The first-order valence-electron chi connectivity index (χ1n) is 6.81. The molecule has 2 rings (SSSR count). The predicted octanol–water partition coefficient (Wildman–Crippen LogP) is 0.539. The molecule has 0 fully saturated rings. The molecule has 1 unspecified atom stereocenters. The van der Waals surface area contributed by atoms with E-state index in [0.29, 0.717) is 17.1 Å². The highest BCUT2D eigenvalue weighted by Gasteiger charge is 2.18. The molecule has 1 aromatic heterocycles. The molecule has 0 saturated heterocycles. The zero-order chi connectivity index (χ0) is 16.8. The molecule has 23 heavy (non-hydrogen) atoms. The number of aliphatic hydroxyl groups is 1. The van der Waals surface area contributed by atoms with Crippen LogP contribution in [0.3, 0.4) is 0 Å². The van der Waals surface area contributed by atoms with Crippen LogP contribution in [0.15, 0.2) is 30.6 Å². The molecule has 4 N–H and O–H groups in total. The van der Waals surface area contributed by atoms with Crippen molar-refractivity contribution in [3.8, 4) is 11.5 Å². The monoisotopic (exact) mass is 318 g/mol. The molecule has 0 radical (unpaired) electrons. The van der Waals surface area contributed by atoms with Gasteiger partial charge in [0.05, 0.1) is 14.2 Å². The quantitative estimate of drug-likeness (QED) is 0.711. The van der Waals surface area contributed by atoms with Crippen LogP contribution in [0.4, 0.5) is 5.82 Å². The van der Waals surface area contributed by atoms with Gasteiger partial charge in [-0.1, -0.05) is 0 Å². The van der Waals surface area contributed by atoms with Gasteiger partial charge in [0.1, 0.15) is 17.6 Å². The molecule has 1 aromatic carbocycles. The van der Waals surface area contributed by atoms with Crippen LogP contribution in [0, 0.1) is 0 Å². The highest BCUT2D eigenvalue weighted by molar-refractivity contribution is 5.96. The minimum atomic E-state index is -0.984. The lowest BCUT2D eigenvalue weighted by atomic mass is 10.1. The summed E-state index contributed by atoms with van der Waals surface area (Å²) < 4.78 is 10.3. The van der Waals surface area contributed by atoms with Crippen LogP contribution < -0.4 is 20.5 Å². The number of nitrogens with zero attached hydrogens (tertiary/aromatic N) is 2. The zero-order valence-corrected chi connectivity index (χ0v) is 12.8. The van der Waals surface area contributed by atoms with E-state index in [-0.39, 0.29) is 18.1 Å². The number of nitrogens with two attached hydrogens (primary N) is 1. The summed E-state index contributed by atoms with van der Waals surface area (Å²) in [5, 5.41) is 12.9. The molecular formula is C15H18N4O4. The summed E-state index contributed by atoms with van der Waals surface area (Å²) in [7, 11) is 3.02. The number of hydrogen-bond donors (Lipinski definition) is 3. The molecule has 1 heterocycles. The number of aromatic nitrogens is 2. The number of benzene rings is 1. The minimum Gasteiger partial charge on any atom is -0.497 e. The lowest BCUT2D eigenvalue weighted by Crippen LogP contribution is -2.30. The Morgan fingerprint density at radius 2 is 2.04 bits per heavy atom. The van der Waals surface area contributed by atoms with Crippen molar-refractivity contribution in [1.82, 2.24) is 15.3 Å². The van der Waals surface area contributed by atoms with Crippen LogP contribution in [-0.4, -0.2) is 41.7 Å². The Bertz CT molecular complexity index is 693. The fraction of sp³-hybridized carbons (Fsp3) is 0.267. The Hall–Kier alpha value is -2.87. The molecule has 1 atom stereocenters. The van der Waals surface area contributed by atoms with E-state index in [1.165, 1.54) is 26.6 Å². The predicted molar refractivity (Wildman–Crippen MR) is 83.3 cm³/mol. The van der Waals surface area contributed by atoms with Crippen molar-refractivity contribution < 1.29 is 19.4 Å². The maximum absolute atomic E-state index is 12.0. The number of aliphatic hydroxyl groups excluding tert-OH is 1. The molecule has 0 saturated carbocycles. The topological polar surface area (TPSA) is 120 Å². The Kier molecular flexibility index (Phi) is 5.32. The van der Waals surface area contributed by atoms with Gasteiger partial charge in [-0.25, -0.2) is 9.97 Å². The largest absolute Gasteiger partial charge is 0.497 e. The standard InChI is InChI=1S/C15H18N4O4/c1-22-9-3-4-12(23-2)10(7-9)11(20)8-19-15(21)13-14(16)18-6-5-17-13/h3-7,11,20H,8H2,1-2H3,(H2,16,18)(H,19,21). The first-order valence-corrected chi connectivity index (χ1v) is 6.81. The van der Waals surface area contributed by atoms with Gasteiger partial charge in [-0.05, 0) is 18.2 Å². The van der Waals surface area contributed by atoms with Crippen LogP contribution in [0.5, 0.6) is 11.5 Å². The van der Waals surface area contributed by atoms with Crippen molar-refractivity contribution in [2.75, 3.05) is 26.5 Å². The number of carbonyl (C=O) groups is 1. The van der Waals surface area contributed by atoms with Crippen molar-refractivity contribution in [2.24, 2.45) is 0 Å². The number of hydrogen-bond acceptors (Lipinski definition) is 7. The highest BCUT2D eigenvalue weighted by atomic mass is 16.5. The first-order chi connectivity index (χ1) is 11.1. The third-order valence-corrected chi connectivity index (χ3v) is 3.19. The van der Waals surface area contributed by atoms with Gasteiger partial charge in [0.15, 0.2) is 11.5 Å². The maximum atomic E-state index is 12.0. The molecule has 122 valence electrons. The summed E-state index contributed by atoms with van der Waals surface area (Å²) in [6.07, 6.45) is 1.77. The summed E-state index contributed by atoms with van der Waals surface area (Å²) in [4.78, 5) is 19.7. The summed E-state index contributed by atoms with van der Waals surface area (Å²) in [5.41, 5.74) is 6.10. The molecular weight excluding hydrogens is 300 g/mol. The second-order valence-electron chi connectivity index (χ2n) is 4.62. The number of ether oxygens (including phenoxy) is 2. The van der Waals surface area contributed by atoms with Crippen LogP contribution in [-0.2, 0) is 0 Å². The van der Waals surface area contributed by atoms with Gasteiger partial charge in [0.25, 0.3) is 5.91 Å². The Balaban J connectivity index is 2.09. The van der Waals surface area contributed by atoms with E-state index in [1.807, 2.05) is 0 Å². The number of carbonyl (C=O) groups excluding carboxylic acids is 1. The van der Waals surface area contributed by atoms with Crippen molar-refractivity contribution in [1.29, 1.82) is 0 Å². The third kappa shape index (κ3) is 3.86. The van der Waals surface area contributed by atoms with Crippen molar-refractivity contribution >= 4 is 11.7 Å². The number of methoxy groups -OCH3 is 2. The van der Waals surface area contributed by atoms with Gasteiger partial charge in [-0.2, -0.15) is 0 Å². The van der Waals surface area contributed by atoms with Gasteiger partial charge in [0, 0.05) is 24.5 Å². The number of rotatable bonds is 6. The molecule has 0 aliphatic heterocycles. The Morgan fingerprint density at radius 1 is 1.30 bits per heavy atom. The lowest BCUT2D eigenvalue weighted by molar-refractivity contribution is 0.0910. The maximum Gasteiger partial charge on any atom is 0.273 e. The summed E-state index contributed by atoms with van der Waals surface area (Å²) >= 11 is 0. The number of anilines is 1. The van der Waals surface area contributed by atoms with Gasteiger partial charge < -0.3 is 25.6 Å². The van der Waals surface area contributed by atoms with E-state index in [0.717, 1.165) is 0 Å². The average molecular weight is 318 g/mol. The van der Waals surface area contributed by atoms with Crippen LogP contribution in [0.1, 0.15) is 22.2 Å². The fourth-order valence-electron chi connectivity index (χ4n) is 2.01. The summed E-state index contributed by atoms with van der Waals surface area (Å²) in [5.74, 6) is 0.575. The summed E-state index contributed by atoms with van der Waals surface area (Å²) in [6, 6.07) is 5.04. The first kappa shape index (κ1) is 16.5. The fourth-order valence-corrected chi connectivity index (χ4v) is 2.01. The van der Waals surface area contributed by atoms with E-state index < -0.39 is 12.0 Å². The van der Waals surface area contributed by atoms with Crippen molar-refractivity contribution in [2.45, 2.75) is 6.10 Å². The van der Waals surface area contributed by atoms with Gasteiger partial charge in [0.2, 0.25) is 0 Å². The normalized spacial score (nSPS) is 11.6. The second kappa shape index (κ2) is 7.41. The molecule has 0 spiro atoms. The Morgan fingerprint density at radius 3 is 2.70 bits per heavy atom. The van der Waals surface area contributed by atoms with Crippen LogP contribution in [0.25, 0.3) is 0 Å². The smallest absolute Gasteiger partial charge is 0.273 e. The van der Waals surface area contributed by atoms with Crippen LogP contribution in [0.2, 0.25) is 0 Å². The average Bonchev–Trinajstić information content (AvgIpc) is 2.59. The highest BCUT2D eigenvalue weighted by Crippen LogP contribution is 2.29. The van der Waals surface area contributed by atoms with E-state index >= 15 is 0 Å². The second-order valence-corrected chi connectivity index (χ2v) is 4.62. The van der Waals surface area contributed by atoms with E-state index in [4.69, 9.17) is 15.2 Å². The summed E-state index contributed by atoms with van der Waals surface area (Å²) in [6.45, 7) is -0.0433. The molecule has 0 aliphatic rings. The van der Waals surface area contributed by atoms with Crippen molar-refractivity contribution in [3.05, 3.63) is 41.9 Å². The van der Waals surface area contributed by atoms with E-state index in [2.05, 4.69) is 15.3 Å². The molecule has 8 heteroatoms. The number of nitrogen functional groups attached to an aromatic ring is 1. The lowest BCUT2D eigenvalue weighted by Gasteiger charge is -2.16. The van der Waals surface area contributed by atoms with Gasteiger partial charge in [-0.15, -0.1) is 0 Å². The number of amides is 1. The minimum absolute atomic E-state index is 0.0114.